The van der Waals surface area contributed by atoms with Crippen molar-refractivity contribution < 1.29 is 19.4 Å². The highest BCUT2D eigenvalue weighted by atomic mass is 16.6. The normalized spacial score (nSPS) is 24.5. The molecule has 2 saturated heterocycles. The predicted molar refractivity (Wildman–Crippen MR) is 134 cm³/mol. The lowest BCUT2D eigenvalue weighted by molar-refractivity contribution is -0.136. The first-order valence-corrected chi connectivity index (χ1v) is 12.4. The quantitative estimate of drug-likeness (QED) is 0.579. The van der Waals surface area contributed by atoms with Gasteiger partial charge in [0.05, 0.1) is 42.5 Å². The van der Waals surface area contributed by atoms with Crippen LogP contribution in [0.1, 0.15) is 46.6 Å². The fourth-order valence-corrected chi connectivity index (χ4v) is 6.36. The van der Waals surface area contributed by atoms with Crippen molar-refractivity contribution in [1.29, 1.82) is 5.26 Å². The van der Waals surface area contributed by atoms with Crippen LogP contribution < -0.4 is 0 Å². The van der Waals surface area contributed by atoms with Gasteiger partial charge in [-0.2, -0.15) is 5.26 Å². The molecule has 0 saturated carbocycles. The molecular formula is C30H28N2O4. The van der Waals surface area contributed by atoms with Crippen molar-refractivity contribution in [1.82, 2.24) is 4.90 Å². The Morgan fingerprint density at radius 1 is 1.06 bits per heavy atom. The van der Waals surface area contributed by atoms with Gasteiger partial charge in [0.15, 0.2) is 0 Å². The van der Waals surface area contributed by atoms with Crippen molar-refractivity contribution in [3.8, 4) is 17.2 Å². The zero-order chi connectivity index (χ0) is 24.9. The van der Waals surface area contributed by atoms with Crippen molar-refractivity contribution in [2.75, 3.05) is 19.8 Å². The summed E-state index contributed by atoms with van der Waals surface area (Å²) in [5.74, 6) is -0.00413. The van der Waals surface area contributed by atoms with E-state index in [1.165, 1.54) is 22.3 Å². The maximum atomic E-state index is 13.4. The van der Waals surface area contributed by atoms with E-state index < -0.39 is 5.60 Å². The van der Waals surface area contributed by atoms with Gasteiger partial charge in [0, 0.05) is 18.8 Å². The van der Waals surface area contributed by atoms with Crippen molar-refractivity contribution in [3.63, 3.8) is 0 Å². The van der Waals surface area contributed by atoms with E-state index in [9.17, 15) is 15.2 Å². The number of amides is 1. The van der Waals surface area contributed by atoms with Crippen molar-refractivity contribution in [3.05, 3.63) is 94.5 Å². The van der Waals surface area contributed by atoms with Crippen LogP contribution in [0.15, 0.2) is 66.7 Å². The molecule has 2 bridgehead atoms. The fraction of sp³-hybridized carbons (Fsp3) is 0.333. The van der Waals surface area contributed by atoms with E-state index in [0.717, 1.165) is 11.1 Å². The van der Waals surface area contributed by atoms with Gasteiger partial charge in [-0.25, -0.2) is 4.79 Å². The number of aryl methyl sites for hydroxylation is 1. The smallest absolute Gasteiger partial charge is 0.410 e. The van der Waals surface area contributed by atoms with Crippen molar-refractivity contribution >= 4 is 6.09 Å². The number of rotatable bonds is 3. The molecule has 3 aliphatic rings. The van der Waals surface area contributed by atoms with Gasteiger partial charge in [-0.1, -0.05) is 54.6 Å². The third-order valence-electron chi connectivity index (χ3n) is 7.97. The average Bonchev–Trinajstić information content (AvgIpc) is 3.20. The number of fused-ring (bicyclic) bond motifs is 5. The number of morpholine rings is 1. The Kier molecular flexibility index (Phi) is 5.55. The second kappa shape index (κ2) is 8.77. The van der Waals surface area contributed by atoms with Crippen LogP contribution in [0.4, 0.5) is 4.79 Å². The molecule has 1 N–H and O–H groups in total. The summed E-state index contributed by atoms with van der Waals surface area (Å²) in [5.41, 5.74) is 5.82. The summed E-state index contributed by atoms with van der Waals surface area (Å²) in [4.78, 5) is 15.2. The minimum Gasteiger partial charge on any atom is -0.448 e. The number of piperidine rings is 1. The number of hydrogen-bond acceptors (Lipinski definition) is 5. The molecule has 3 aromatic carbocycles. The van der Waals surface area contributed by atoms with Crippen molar-refractivity contribution in [2.45, 2.75) is 43.4 Å². The summed E-state index contributed by atoms with van der Waals surface area (Å²) in [6.07, 6.45) is 0.312. The van der Waals surface area contributed by atoms with Gasteiger partial charge in [0.25, 0.3) is 0 Å². The van der Waals surface area contributed by atoms with E-state index in [1.54, 1.807) is 17.0 Å². The number of carbonyl (C=O) groups excluding carboxylic acids is 1. The number of hydrogen-bond donors (Lipinski definition) is 1. The minimum atomic E-state index is -1.13. The van der Waals surface area contributed by atoms with E-state index in [4.69, 9.17) is 9.47 Å². The second-order valence-electron chi connectivity index (χ2n) is 10.1. The van der Waals surface area contributed by atoms with E-state index in [0.29, 0.717) is 31.6 Å². The first-order valence-electron chi connectivity index (χ1n) is 12.4. The third-order valence-corrected chi connectivity index (χ3v) is 7.97. The molecule has 2 unspecified atom stereocenters. The topological polar surface area (TPSA) is 82.8 Å². The van der Waals surface area contributed by atoms with Crippen LogP contribution in [-0.4, -0.2) is 48.0 Å². The summed E-state index contributed by atoms with van der Waals surface area (Å²) in [6, 6.07) is 23.5. The SMILES string of the molecule is Cc1ccc(C#N)cc1C1(O)CC2COCC(C1)N2C(=O)OCC1c2ccccc2-c2ccccc21. The van der Waals surface area contributed by atoms with Gasteiger partial charge < -0.3 is 14.6 Å². The lowest BCUT2D eigenvalue weighted by Gasteiger charge is -2.51. The molecule has 3 aromatic rings. The average molecular weight is 481 g/mol. The van der Waals surface area contributed by atoms with E-state index in [-0.39, 0.29) is 30.7 Å². The third kappa shape index (κ3) is 3.67. The maximum Gasteiger partial charge on any atom is 0.410 e. The number of ether oxygens (including phenoxy) is 2. The molecule has 2 aliphatic heterocycles. The molecule has 0 spiro atoms. The van der Waals surface area contributed by atoms with Crippen LogP contribution in [0.3, 0.4) is 0 Å². The lowest BCUT2D eigenvalue weighted by atomic mass is 9.75. The molecular weight excluding hydrogens is 452 g/mol. The van der Waals surface area contributed by atoms with Crippen molar-refractivity contribution in [2.24, 2.45) is 0 Å². The molecule has 0 aromatic heterocycles. The molecule has 6 rings (SSSR count). The molecule has 6 heteroatoms. The summed E-state index contributed by atoms with van der Waals surface area (Å²) in [6.45, 7) is 2.90. The molecule has 2 heterocycles. The van der Waals surface area contributed by atoms with Gasteiger partial charge in [0.1, 0.15) is 6.61 Å². The van der Waals surface area contributed by atoms with Crippen LogP contribution >= 0.6 is 0 Å². The summed E-state index contributed by atoms with van der Waals surface area (Å²) < 4.78 is 11.7. The molecule has 1 aliphatic carbocycles. The van der Waals surface area contributed by atoms with Crippen LogP contribution in [0.25, 0.3) is 11.1 Å². The van der Waals surface area contributed by atoms with Gasteiger partial charge in [-0.3, -0.25) is 4.90 Å². The van der Waals surface area contributed by atoms with Crippen LogP contribution in [0.5, 0.6) is 0 Å². The Morgan fingerprint density at radius 3 is 2.28 bits per heavy atom. The fourth-order valence-electron chi connectivity index (χ4n) is 6.36. The Bertz CT molecular complexity index is 1320. The second-order valence-corrected chi connectivity index (χ2v) is 10.1. The Labute approximate surface area is 210 Å². The minimum absolute atomic E-state index is 0.00413. The highest BCUT2D eigenvalue weighted by molar-refractivity contribution is 5.79. The van der Waals surface area contributed by atoms with Crippen LogP contribution in [-0.2, 0) is 15.1 Å². The van der Waals surface area contributed by atoms with Crippen LogP contribution in [0, 0.1) is 18.3 Å². The first kappa shape index (κ1) is 22.8. The Morgan fingerprint density at radius 2 is 1.67 bits per heavy atom. The molecule has 6 nitrogen and oxygen atoms in total. The summed E-state index contributed by atoms with van der Waals surface area (Å²) in [5, 5.41) is 21.1. The molecule has 2 fully saturated rings. The molecule has 2 atom stereocenters. The monoisotopic (exact) mass is 480 g/mol. The highest BCUT2D eigenvalue weighted by Crippen LogP contribution is 2.45. The molecule has 36 heavy (non-hydrogen) atoms. The number of aliphatic hydroxyl groups is 1. The van der Waals surface area contributed by atoms with Gasteiger partial charge >= 0.3 is 6.09 Å². The lowest BCUT2D eigenvalue weighted by Crippen LogP contribution is -2.62. The van der Waals surface area contributed by atoms with E-state index in [1.807, 2.05) is 37.3 Å². The number of benzene rings is 3. The Hall–Kier alpha value is -3.66. The standard InChI is InChI=1S/C30H28N2O4/c1-19-10-11-20(15-31)12-28(19)30(34)13-21-16-35-17-22(14-30)32(21)29(33)36-18-27-25-8-4-2-6-23(25)24-7-3-5-9-26(24)27/h2-12,21-22,27,34H,13-14,16-18H2,1H3. The summed E-state index contributed by atoms with van der Waals surface area (Å²) >= 11 is 0. The number of nitrogens with zero attached hydrogens (tertiary/aromatic N) is 2. The zero-order valence-electron chi connectivity index (χ0n) is 20.2. The summed E-state index contributed by atoms with van der Waals surface area (Å²) in [7, 11) is 0. The molecule has 1 amide bonds. The predicted octanol–water partition coefficient (Wildman–Crippen LogP) is 4.87. The maximum absolute atomic E-state index is 13.4. The van der Waals surface area contributed by atoms with Gasteiger partial charge in [-0.05, 0) is 52.4 Å². The largest absolute Gasteiger partial charge is 0.448 e. The molecule has 182 valence electrons. The zero-order valence-corrected chi connectivity index (χ0v) is 20.2. The highest BCUT2D eigenvalue weighted by Gasteiger charge is 2.50. The van der Waals surface area contributed by atoms with Crippen LogP contribution in [0.2, 0.25) is 0 Å². The number of carbonyl (C=O) groups is 1. The molecule has 0 radical (unpaired) electrons. The van der Waals surface area contributed by atoms with Gasteiger partial charge in [0.2, 0.25) is 0 Å². The van der Waals surface area contributed by atoms with E-state index in [2.05, 4.69) is 30.3 Å². The number of nitriles is 1. The van der Waals surface area contributed by atoms with E-state index >= 15 is 0 Å². The first-order chi connectivity index (χ1) is 17.5. The Balaban J connectivity index is 1.22. The van der Waals surface area contributed by atoms with Gasteiger partial charge in [-0.15, -0.1) is 0 Å².